The van der Waals surface area contributed by atoms with E-state index in [9.17, 15) is 9.59 Å². The zero-order valence-corrected chi connectivity index (χ0v) is 9.11. The Morgan fingerprint density at radius 1 is 1.36 bits per heavy atom. The largest absolute Gasteiger partial charge is 0.302 e. The lowest BCUT2D eigenvalue weighted by Crippen LogP contribution is -2.57. The standard InChI is InChI=1S/C9H14N2O2S/c1-3-4-5(2)6-7(12)10-9(14)11-8(6)13/h5-6H,3-4H2,1-2H3,(H2,10,11,12,13,14)/t5-/m1/s1. The molecule has 0 bridgehead atoms. The first kappa shape index (κ1) is 11.1. The van der Waals surface area contributed by atoms with Crippen molar-refractivity contribution < 1.29 is 9.59 Å². The molecule has 78 valence electrons. The Hall–Kier alpha value is -0.970. The lowest BCUT2D eigenvalue weighted by Gasteiger charge is -2.26. The quantitative estimate of drug-likeness (QED) is 0.533. The molecule has 5 heteroatoms. The number of thiocarbonyl (C=S) groups is 1. The van der Waals surface area contributed by atoms with E-state index in [0.29, 0.717) is 0 Å². The van der Waals surface area contributed by atoms with Gasteiger partial charge in [0.15, 0.2) is 5.11 Å². The molecule has 1 fully saturated rings. The fourth-order valence-corrected chi connectivity index (χ4v) is 1.87. The van der Waals surface area contributed by atoms with Crippen molar-refractivity contribution in [2.75, 3.05) is 0 Å². The van der Waals surface area contributed by atoms with Crippen molar-refractivity contribution in [1.29, 1.82) is 0 Å². The highest BCUT2D eigenvalue weighted by Crippen LogP contribution is 2.19. The average Bonchev–Trinajstić information content (AvgIpc) is 2.01. The van der Waals surface area contributed by atoms with Crippen LogP contribution in [0.4, 0.5) is 0 Å². The molecule has 0 aromatic carbocycles. The first-order valence-electron chi connectivity index (χ1n) is 4.72. The van der Waals surface area contributed by atoms with Crippen LogP contribution in [0.5, 0.6) is 0 Å². The summed E-state index contributed by atoms with van der Waals surface area (Å²) in [5.74, 6) is -1.09. The molecule has 14 heavy (non-hydrogen) atoms. The minimum atomic E-state index is -0.596. The van der Waals surface area contributed by atoms with E-state index in [1.165, 1.54) is 0 Å². The monoisotopic (exact) mass is 214 g/mol. The maximum absolute atomic E-state index is 11.5. The number of hydrogen-bond donors (Lipinski definition) is 2. The zero-order chi connectivity index (χ0) is 10.7. The molecular weight excluding hydrogens is 200 g/mol. The smallest absolute Gasteiger partial charge is 0.238 e. The second kappa shape index (κ2) is 4.50. The molecule has 1 saturated heterocycles. The molecule has 2 N–H and O–H groups in total. The molecule has 1 atom stereocenters. The summed E-state index contributed by atoms with van der Waals surface area (Å²) in [7, 11) is 0. The van der Waals surface area contributed by atoms with Gasteiger partial charge >= 0.3 is 0 Å². The third-order valence-corrected chi connectivity index (χ3v) is 2.56. The van der Waals surface area contributed by atoms with Crippen LogP contribution in [0, 0.1) is 11.8 Å². The Balaban J connectivity index is 2.71. The number of amides is 2. The first-order chi connectivity index (χ1) is 6.56. The van der Waals surface area contributed by atoms with Crippen LogP contribution >= 0.6 is 12.2 Å². The summed E-state index contributed by atoms with van der Waals surface area (Å²) in [5, 5.41) is 5.03. The molecule has 1 aliphatic rings. The lowest BCUT2D eigenvalue weighted by atomic mass is 9.88. The van der Waals surface area contributed by atoms with Gasteiger partial charge in [-0.05, 0) is 24.6 Å². The van der Waals surface area contributed by atoms with Crippen LogP contribution in [-0.4, -0.2) is 16.9 Å². The molecule has 0 unspecified atom stereocenters. The van der Waals surface area contributed by atoms with Crippen LogP contribution in [0.1, 0.15) is 26.7 Å². The van der Waals surface area contributed by atoms with Crippen LogP contribution in [0.25, 0.3) is 0 Å². The maximum Gasteiger partial charge on any atom is 0.238 e. The Labute approximate surface area is 88.4 Å². The second-order valence-electron chi connectivity index (χ2n) is 3.55. The number of rotatable bonds is 3. The Bertz CT molecular complexity index is 258. The molecule has 0 aliphatic carbocycles. The molecule has 0 aromatic rings. The van der Waals surface area contributed by atoms with Crippen molar-refractivity contribution in [2.24, 2.45) is 11.8 Å². The number of carbonyl (C=O) groups is 2. The van der Waals surface area contributed by atoms with Crippen molar-refractivity contribution in [3.05, 3.63) is 0 Å². The summed E-state index contributed by atoms with van der Waals surface area (Å²) in [6, 6.07) is 0. The van der Waals surface area contributed by atoms with Gasteiger partial charge in [-0.3, -0.25) is 9.59 Å². The molecule has 1 aliphatic heterocycles. The Kier molecular flexibility index (Phi) is 3.57. The predicted octanol–water partition coefficient (Wildman–Crippen LogP) is 0.570. The number of carbonyl (C=O) groups excluding carboxylic acids is 2. The molecule has 0 aromatic heterocycles. The van der Waals surface area contributed by atoms with Crippen LogP contribution < -0.4 is 10.6 Å². The second-order valence-corrected chi connectivity index (χ2v) is 3.96. The van der Waals surface area contributed by atoms with Gasteiger partial charge in [-0.1, -0.05) is 20.3 Å². The van der Waals surface area contributed by atoms with Gasteiger partial charge in [0.25, 0.3) is 0 Å². The summed E-state index contributed by atoms with van der Waals surface area (Å²) in [5.41, 5.74) is 0. The normalized spacial score (nSPS) is 20.3. The third-order valence-electron chi connectivity index (χ3n) is 2.35. The molecule has 0 saturated carbocycles. The van der Waals surface area contributed by atoms with Crippen molar-refractivity contribution in [3.63, 3.8) is 0 Å². The topological polar surface area (TPSA) is 58.2 Å². The van der Waals surface area contributed by atoms with Crippen molar-refractivity contribution >= 4 is 29.1 Å². The van der Waals surface area contributed by atoms with E-state index in [2.05, 4.69) is 10.6 Å². The van der Waals surface area contributed by atoms with Gasteiger partial charge < -0.3 is 10.6 Å². The van der Waals surface area contributed by atoms with E-state index in [-0.39, 0.29) is 22.8 Å². The molecule has 4 nitrogen and oxygen atoms in total. The average molecular weight is 214 g/mol. The van der Waals surface area contributed by atoms with Crippen molar-refractivity contribution in [3.8, 4) is 0 Å². The van der Waals surface area contributed by atoms with E-state index >= 15 is 0 Å². The van der Waals surface area contributed by atoms with Crippen LogP contribution in [-0.2, 0) is 9.59 Å². The Morgan fingerprint density at radius 2 is 1.86 bits per heavy atom. The van der Waals surface area contributed by atoms with Gasteiger partial charge in [-0.15, -0.1) is 0 Å². The molecule has 1 heterocycles. The molecule has 0 spiro atoms. The summed E-state index contributed by atoms with van der Waals surface area (Å²) in [4.78, 5) is 22.9. The highest BCUT2D eigenvalue weighted by Gasteiger charge is 2.36. The number of hydrogen-bond acceptors (Lipinski definition) is 3. The summed E-state index contributed by atoms with van der Waals surface area (Å²) >= 11 is 4.70. The lowest BCUT2D eigenvalue weighted by molar-refractivity contribution is -0.137. The van der Waals surface area contributed by atoms with Crippen LogP contribution in [0.2, 0.25) is 0 Å². The fraction of sp³-hybridized carbons (Fsp3) is 0.667. The SMILES string of the molecule is CCC[C@@H](C)C1C(=O)NC(=S)NC1=O. The van der Waals surface area contributed by atoms with E-state index < -0.39 is 5.92 Å². The highest BCUT2D eigenvalue weighted by atomic mass is 32.1. The van der Waals surface area contributed by atoms with Gasteiger partial charge in [0.05, 0.1) is 0 Å². The van der Waals surface area contributed by atoms with Crippen molar-refractivity contribution in [1.82, 2.24) is 10.6 Å². The summed E-state index contributed by atoms with van der Waals surface area (Å²) in [6.07, 6.45) is 1.82. The van der Waals surface area contributed by atoms with Gasteiger partial charge in [0.1, 0.15) is 5.92 Å². The molecule has 2 amide bonds. The van der Waals surface area contributed by atoms with Crippen LogP contribution in [0.3, 0.4) is 0 Å². The minimum absolute atomic E-state index is 0.0584. The Morgan fingerprint density at radius 3 is 2.29 bits per heavy atom. The molecular formula is C9H14N2O2S. The first-order valence-corrected chi connectivity index (χ1v) is 5.12. The number of nitrogens with one attached hydrogen (secondary N) is 2. The van der Waals surface area contributed by atoms with E-state index in [4.69, 9.17) is 12.2 Å². The van der Waals surface area contributed by atoms with E-state index in [1.807, 2.05) is 13.8 Å². The molecule has 1 rings (SSSR count). The minimum Gasteiger partial charge on any atom is -0.302 e. The van der Waals surface area contributed by atoms with Gasteiger partial charge in [-0.2, -0.15) is 0 Å². The molecule has 0 radical (unpaired) electrons. The highest BCUT2D eigenvalue weighted by molar-refractivity contribution is 7.80. The van der Waals surface area contributed by atoms with Gasteiger partial charge in [-0.25, -0.2) is 0 Å². The van der Waals surface area contributed by atoms with Gasteiger partial charge in [0.2, 0.25) is 11.8 Å². The van der Waals surface area contributed by atoms with Crippen molar-refractivity contribution in [2.45, 2.75) is 26.7 Å². The maximum atomic E-state index is 11.5. The third kappa shape index (κ3) is 2.29. The fourth-order valence-electron chi connectivity index (χ4n) is 1.67. The summed E-state index contributed by atoms with van der Waals surface area (Å²) in [6.45, 7) is 3.93. The summed E-state index contributed by atoms with van der Waals surface area (Å²) < 4.78 is 0. The zero-order valence-electron chi connectivity index (χ0n) is 8.29. The van der Waals surface area contributed by atoms with Gasteiger partial charge in [0, 0.05) is 0 Å². The predicted molar refractivity (Wildman–Crippen MR) is 56.4 cm³/mol. The van der Waals surface area contributed by atoms with E-state index in [1.54, 1.807) is 0 Å². The van der Waals surface area contributed by atoms with E-state index in [0.717, 1.165) is 12.8 Å². The van der Waals surface area contributed by atoms with Crippen LogP contribution in [0.15, 0.2) is 0 Å².